The third kappa shape index (κ3) is 2.93. The molecule has 0 aliphatic heterocycles. The van der Waals surface area contributed by atoms with Crippen molar-refractivity contribution in [2.24, 2.45) is 0 Å². The van der Waals surface area contributed by atoms with Crippen LogP contribution in [0.3, 0.4) is 0 Å². The number of carboxylic acids is 1. The number of hydrogen-bond acceptors (Lipinski definition) is 4. The summed E-state index contributed by atoms with van der Waals surface area (Å²) >= 11 is 0. The van der Waals surface area contributed by atoms with Gasteiger partial charge in [-0.1, -0.05) is 24.3 Å². The van der Waals surface area contributed by atoms with Gasteiger partial charge < -0.3 is 9.52 Å². The van der Waals surface area contributed by atoms with E-state index >= 15 is 0 Å². The van der Waals surface area contributed by atoms with Crippen molar-refractivity contribution in [2.45, 2.75) is 6.04 Å². The molecule has 2 heterocycles. The number of furan rings is 1. The number of carboxylic acid groups (broad SMARTS) is 1. The SMILES string of the molecule is O=C(O)CNC(c1cccnc1)c1cc2ccccc2o1. The van der Waals surface area contributed by atoms with Gasteiger partial charge >= 0.3 is 5.97 Å². The van der Waals surface area contributed by atoms with E-state index in [1.165, 1.54) is 0 Å². The van der Waals surface area contributed by atoms with Crippen molar-refractivity contribution >= 4 is 16.9 Å². The van der Waals surface area contributed by atoms with E-state index in [0.29, 0.717) is 5.76 Å². The Balaban J connectivity index is 1.99. The summed E-state index contributed by atoms with van der Waals surface area (Å²) in [6.45, 7) is -0.156. The molecule has 106 valence electrons. The van der Waals surface area contributed by atoms with Crippen LogP contribution in [0.25, 0.3) is 11.0 Å². The van der Waals surface area contributed by atoms with Crippen LogP contribution in [-0.2, 0) is 4.79 Å². The van der Waals surface area contributed by atoms with E-state index in [-0.39, 0.29) is 12.6 Å². The number of benzene rings is 1. The fraction of sp³-hybridized carbons (Fsp3) is 0.125. The van der Waals surface area contributed by atoms with Crippen LogP contribution in [0, 0.1) is 0 Å². The largest absolute Gasteiger partial charge is 0.480 e. The third-order valence-electron chi connectivity index (χ3n) is 3.20. The van der Waals surface area contributed by atoms with Gasteiger partial charge in [-0.25, -0.2) is 0 Å². The number of aliphatic carboxylic acids is 1. The zero-order valence-electron chi connectivity index (χ0n) is 11.2. The van der Waals surface area contributed by atoms with E-state index in [9.17, 15) is 4.79 Å². The molecule has 21 heavy (non-hydrogen) atoms. The molecule has 0 radical (unpaired) electrons. The molecule has 0 saturated carbocycles. The Bertz CT molecular complexity index is 719. The standard InChI is InChI=1S/C16H14N2O3/c19-15(20)10-18-16(12-5-3-7-17-9-12)14-8-11-4-1-2-6-13(11)21-14/h1-9,16,18H,10H2,(H,19,20). The van der Waals surface area contributed by atoms with Crippen molar-refractivity contribution in [3.63, 3.8) is 0 Å². The third-order valence-corrected chi connectivity index (χ3v) is 3.20. The number of nitrogens with zero attached hydrogens (tertiary/aromatic N) is 1. The number of rotatable bonds is 5. The number of para-hydroxylation sites is 1. The monoisotopic (exact) mass is 282 g/mol. The second kappa shape index (κ2) is 5.76. The lowest BCUT2D eigenvalue weighted by Crippen LogP contribution is -2.28. The molecule has 0 aliphatic carbocycles. The van der Waals surface area contributed by atoms with Crippen molar-refractivity contribution in [2.75, 3.05) is 6.54 Å². The number of pyridine rings is 1. The molecule has 0 fully saturated rings. The summed E-state index contributed by atoms with van der Waals surface area (Å²) in [4.78, 5) is 14.9. The van der Waals surface area contributed by atoms with Crippen molar-refractivity contribution < 1.29 is 14.3 Å². The van der Waals surface area contributed by atoms with Crippen LogP contribution in [0.15, 0.2) is 59.3 Å². The average Bonchev–Trinajstić information content (AvgIpc) is 2.92. The molecule has 0 spiro atoms. The van der Waals surface area contributed by atoms with E-state index in [4.69, 9.17) is 9.52 Å². The molecule has 0 aliphatic rings. The maximum atomic E-state index is 10.8. The summed E-state index contributed by atoms with van der Waals surface area (Å²) in [7, 11) is 0. The van der Waals surface area contributed by atoms with Gasteiger partial charge in [0.15, 0.2) is 0 Å². The molecule has 1 aromatic carbocycles. The summed E-state index contributed by atoms with van der Waals surface area (Å²) in [5.74, 6) is -0.245. The molecular formula is C16H14N2O3. The Labute approximate surface area is 121 Å². The Kier molecular flexibility index (Phi) is 3.66. The molecule has 0 saturated heterocycles. The zero-order valence-corrected chi connectivity index (χ0v) is 11.2. The van der Waals surface area contributed by atoms with Crippen molar-refractivity contribution in [3.8, 4) is 0 Å². The molecule has 5 heteroatoms. The molecular weight excluding hydrogens is 268 g/mol. The Morgan fingerprint density at radius 1 is 1.29 bits per heavy atom. The van der Waals surface area contributed by atoms with Gasteiger partial charge in [0.2, 0.25) is 0 Å². The lowest BCUT2D eigenvalue weighted by atomic mass is 10.1. The van der Waals surface area contributed by atoms with E-state index < -0.39 is 5.97 Å². The maximum Gasteiger partial charge on any atom is 0.317 e. The van der Waals surface area contributed by atoms with Crippen LogP contribution in [0.4, 0.5) is 0 Å². The van der Waals surface area contributed by atoms with E-state index in [2.05, 4.69) is 10.3 Å². The molecule has 3 aromatic rings. The molecule has 3 rings (SSSR count). The number of hydrogen-bond donors (Lipinski definition) is 2. The molecule has 5 nitrogen and oxygen atoms in total. The minimum Gasteiger partial charge on any atom is -0.480 e. The summed E-state index contributed by atoms with van der Waals surface area (Å²) in [6, 6.07) is 13.0. The van der Waals surface area contributed by atoms with E-state index in [0.717, 1.165) is 16.5 Å². The van der Waals surface area contributed by atoms with Crippen molar-refractivity contribution in [1.82, 2.24) is 10.3 Å². The van der Waals surface area contributed by atoms with E-state index in [1.807, 2.05) is 42.5 Å². The first kappa shape index (κ1) is 13.3. The Morgan fingerprint density at radius 2 is 2.14 bits per heavy atom. The lowest BCUT2D eigenvalue weighted by Gasteiger charge is -2.15. The number of fused-ring (bicyclic) bond motifs is 1. The van der Waals surface area contributed by atoms with Gasteiger partial charge in [-0.15, -0.1) is 0 Å². The zero-order chi connectivity index (χ0) is 14.7. The van der Waals surface area contributed by atoms with E-state index in [1.54, 1.807) is 12.4 Å². The quantitative estimate of drug-likeness (QED) is 0.752. The van der Waals surface area contributed by atoms with Crippen LogP contribution in [0.1, 0.15) is 17.4 Å². The minimum absolute atomic E-state index is 0.156. The molecule has 0 amide bonds. The van der Waals surface area contributed by atoms with Crippen LogP contribution in [0.2, 0.25) is 0 Å². The topological polar surface area (TPSA) is 75.4 Å². The Morgan fingerprint density at radius 3 is 2.86 bits per heavy atom. The molecule has 1 unspecified atom stereocenters. The summed E-state index contributed by atoms with van der Waals surface area (Å²) in [5.41, 5.74) is 1.64. The van der Waals surface area contributed by atoms with Gasteiger partial charge in [0.1, 0.15) is 11.3 Å². The van der Waals surface area contributed by atoms with Crippen LogP contribution in [-0.4, -0.2) is 22.6 Å². The van der Waals surface area contributed by atoms with Gasteiger partial charge in [-0.05, 0) is 23.8 Å². The predicted octanol–water partition coefficient (Wildman–Crippen LogP) is 2.59. The Hall–Kier alpha value is -2.66. The fourth-order valence-electron chi connectivity index (χ4n) is 2.26. The number of nitrogens with one attached hydrogen (secondary N) is 1. The second-order valence-corrected chi connectivity index (χ2v) is 4.68. The lowest BCUT2D eigenvalue weighted by molar-refractivity contribution is -0.136. The highest BCUT2D eigenvalue weighted by Gasteiger charge is 2.19. The van der Waals surface area contributed by atoms with Crippen molar-refractivity contribution in [1.29, 1.82) is 0 Å². The minimum atomic E-state index is -0.917. The molecule has 2 aromatic heterocycles. The summed E-state index contributed by atoms with van der Waals surface area (Å²) in [6.07, 6.45) is 3.38. The van der Waals surface area contributed by atoms with Crippen molar-refractivity contribution in [3.05, 3.63) is 66.2 Å². The fourth-order valence-corrected chi connectivity index (χ4v) is 2.26. The smallest absolute Gasteiger partial charge is 0.317 e. The van der Waals surface area contributed by atoms with Gasteiger partial charge in [0.05, 0.1) is 12.6 Å². The summed E-state index contributed by atoms with van der Waals surface area (Å²) in [5, 5.41) is 12.9. The first-order valence-corrected chi connectivity index (χ1v) is 6.57. The predicted molar refractivity (Wildman–Crippen MR) is 77.9 cm³/mol. The van der Waals surface area contributed by atoms with Crippen LogP contribution in [0.5, 0.6) is 0 Å². The average molecular weight is 282 g/mol. The highest BCUT2D eigenvalue weighted by atomic mass is 16.4. The molecule has 2 N–H and O–H groups in total. The first-order chi connectivity index (χ1) is 10.2. The first-order valence-electron chi connectivity index (χ1n) is 6.57. The highest BCUT2D eigenvalue weighted by molar-refractivity contribution is 5.78. The molecule has 0 bridgehead atoms. The van der Waals surface area contributed by atoms with Gasteiger partial charge in [-0.3, -0.25) is 15.1 Å². The molecule has 1 atom stereocenters. The van der Waals surface area contributed by atoms with Gasteiger partial charge in [0, 0.05) is 17.8 Å². The number of carbonyl (C=O) groups is 1. The van der Waals surface area contributed by atoms with Gasteiger partial charge in [0.25, 0.3) is 0 Å². The van der Waals surface area contributed by atoms with Crippen LogP contribution >= 0.6 is 0 Å². The van der Waals surface area contributed by atoms with Gasteiger partial charge in [-0.2, -0.15) is 0 Å². The highest BCUT2D eigenvalue weighted by Crippen LogP contribution is 2.27. The maximum absolute atomic E-state index is 10.8. The van der Waals surface area contributed by atoms with Crippen LogP contribution < -0.4 is 5.32 Å². The summed E-state index contributed by atoms with van der Waals surface area (Å²) < 4.78 is 5.83. The number of aromatic nitrogens is 1. The second-order valence-electron chi connectivity index (χ2n) is 4.68. The normalized spacial score (nSPS) is 12.4.